The molecule has 1 amide bonds. The van der Waals surface area contributed by atoms with E-state index in [1.807, 2.05) is 13.8 Å². The molecule has 0 unspecified atom stereocenters. The van der Waals surface area contributed by atoms with Crippen molar-refractivity contribution in [2.75, 3.05) is 20.1 Å². The van der Waals surface area contributed by atoms with E-state index in [0.29, 0.717) is 6.04 Å². The van der Waals surface area contributed by atoms with Crippen LogP contribution in [0.2, 0.25) is 0 Å². The number of hydrogen-bond donors (Lipinski definition) is 1. The van der Waals surface area contributed by atoms with Crippen molar-refractivity contribution >= 4 is 6.41 Å². The van der Waals surface area contributed by atoms with Crippen molar-refractivity contribution < 1.29 is 4.79 Å². The Hall–Kier alpha value is -0.570. The summed E-state index contributed by atoms with van der Waals surface area (Å²) in [4.78, 5) is 12.3. The van der Waals surface area contributed by atoms with Gasteiger partial charge in [0, 0.05) is 6.04 Å². The normalized spacial score (nSPS) is 19.2. The second kappa shape index (κ2) is 7.10. The van der Waals surface area contributed by atoms with Gasteiger partial charge in [-0.2, -0.15) is 0 Å². The third-order valence-corrected chi connectivity index (χ3v) is 2.02. The topological polar surface area (TPSA) is 32.3 Å². The molecule has 0 spiro atoms. The largest absolute Gasteiger partial charge is 0.356 e. The van der Waals surface area contributed by atoms with Crippen LogP contribution in [-0.2, 0) is 4.79 Å². The highest BCUT2D eigenvalue weighted by Gasteiger charge is 2.14. The van der Waals surface area contributed by atoms with Gasteiger partial charge in [-0.1, -0.05) is 13.8 Å². The molecule has 1 heterocycles. The standard InChI is InChI=1S/C7H14N2O.C2H6/c1-9-4-2-7(3-5-9)8-6-10;1-2/h6-7H,2-5H2,1H3,(H,8,10);1-2H3. The number of hydrogen-bond acceptors (Lipinski definition) is 2. The molecule has 1 saturated heterocycles. The molecule has 0 aromatic heterocycles. The van der Waals surface area contributed by atoms with Crippen molar-refractivity contribution in [1.82, 2.24) is 10.2 Å². The predicted octanol–water partition coefficient (Wildman–Crippen LogP) is 0.853. The minimum atomic E-state index is 0.425. The average molecular weight is 172 g/mol. The third kappa shape index (κ3) is 4.34. The van der Waals surface area contributed by atoms with E-state index in [4.69, 9.17) is 0 Å². The van der Waals surface area contributed by atoms with Crippen LogP contribution >= 0.6 is 0 Å². The summed E-state index contributed by atoms with van der Waals surface area (Å²) in [6.07, 6.45) is 2.99. The van der Waals surface area contributed by atoms with Gasteiger partial charge in [0.2, 0.25) is 6.41 Å². The van der Waals surface area contributed by atoms with Gasteiger partial charge in [-0.25, -0.2) is 0 Å². The van der Waals surface area contributed by atoms with Gasteiger partial charge in [-0.15, -0.1) is 0 Å². The van der Waals surface area contributed by atoms with Crippen LogP contribution in [0.15, 0.2) is 0 Å². The Balaban J connectivity index is 0.000000561. The number of nitrogens with zero attached hydrogens (tertiary/aromatic N) is 1. The fourth-order valence-electron chi connectivity index (χ4n) is 1.27. The van der Waals surface area contributed by atoms with Crippen LogP contribution in [0.1, 0.15) is 26.7 Å². The minimum absolute atomic E-state index is 0.425. The molecule has 12 heavy (non-hydrogen) atoms. The first kappa shape index (κ1) is 11.4. The summed E-state index contributed by atoms with van der Waals surface area (Å²) >= 11 is 0. The SMILES string of the molecule is CC.CN1CCC(NC=O)CC1. The number of amides is 1. The number of nitrogens with one attached hydrogen (secondary N) is 1. The summed E-state index contributed by atoms with van der Waals surface area (Å²) in [7, 11) is 2.11. The lowest BCUT2D eigenvalue weighted by Crippen LogP contribution is -2.40. The Kier molecular flexibility index (Phi) is 6.76. The second-order valence-electron chi connectivity index (χ2n) is 2.86. The minimum Gasteiger partial charge on any atom is -0.356 e. The fourth-order valence-corrected chi connectivity index (χ4v) is 1.27. The van der Waals surface area contributed by atoms with Gasteiger partial charge in [0.1, 0.15) is 0 Å². The Morgan fingerprint density at radius 1 is 1.33 bits per heavy atom. The molecule has 1 aliphatic rings. The molecule has 0 aromatic rings. The maximum absolute atomic E-state index is 10.0. The molecule has 1 rings (SSSR count). The molecule has 0 bridgehead atoms. The zero-order valence-corrected chi connectivity index (χ0v) is 8.34. The molecular formula is C9H20N2O. The van der Waals surface area contributed by atoms with Crippen molar-refractivity contribution in [3.05, 3.63) is 0 Å². The number of carbonyl (C=O) groups is 1. The Morgan fingerprint density at radius 2 is 1.83 bits per heavy atom. The van der Waals surface area contributed by atoms with E-state index < -0.39 is 0 Å². The molecule has 0 atom stereocenters. The van der Waals surface area contributed by atoms with Crippen LogP contribution in [0.4, 0.5) is 0 Å². The van der Waals surface area contributed by atoms with E-state index in [1.165, 1.54) is 0 Å². The molecule has 1 N–H and O–H groups in total. The maximum Gasteiger partial charge on any atom is 0.207 e. The Bertz CT molecular complexity index is 109. The maximum atomic E-state index is 10.0. The lowest BCUT2D eigenvalue weighted by molar-refractivity contribution is -0.110. The fraction of sp³-hybridized carbons (Fsp3) is 0.889. The van der Waals surface area contributed by atoms with Gasteiger partial charge in [0.25, 0.3) is 0 Å². The molecule has 0 saturated carbocycles. The van der Waals surface area contributed by atoms with Crippen LogP contribution < -0.4 is 5.32 Å². The van der Waals surface area contributed by atoms with Crippen molar-refractivity contribution in [2.24, 2.45) is 0 Å². The van der Waals surface area contributed by atoms with Crippen molar-refractivity contribution in [1.29, 1.82) is 0 Å². The number of piperidine rings is 1. The average Bonchev–Trinajstić information content (AvgIpc) is 2.13. The highest BCUT2D eigenvalue weighted by molar-refractivity contribution is 5.46. The Labute approximate surface area is 75.1 Å². The molecule has 0 radical (unpaired) electrons. The van der Waals surface area contributed by atoms with E-state index >= 15 is 0 Å². The second-order valence-corrected chi connectivity index (χ2v) is 2.86. The summed E-state index contributed by atoms with van der Waals surface area (Å²) in [5.41, 5.74) is 0. The molecule has 0 aliphatic carbocycles. The molecule has 1 fully saturated rings. The Morgan fingerprint density at radius 3 is 2.25 bits per heavy atom. The predicted molar refractivity (Wildman–Crippen MR) is 51.1 cm³/mol. The zero-order valence-electron chi connectivity index (χ0n) is 8.34. The molecule has 0 aromatic carbocycles. The van der Waals surface area contributed by atoms with Gasteiger partial charge >= 0.3 is 0 Å². The molecule has 72 valence electrons. The van der Waals surface area contributed by atoms with Gasteiger partial charge < -0.3 is 10.2 Å². The van der Waals surface area contributed by atoms with Crippen molar-refractivity contribution in [2.45, 2.75) is 32.7 Å². The van der Waals surface area contributed by atoms with Crippen LogP contribution in [0.5, 0.6) is 0 Å². The molecular weight excluding hydrogens is 152 g/mol. The van der Waals surface area contributed by atoms with Crippen LogP contribution in [0.3, 0.4) is 0 Å². The lowest BCUT2D eigenvalue weighted by atomic mass is 10.1. The smallest absolute Gasteiger partial charge is 0.207 e. The molecule has 1 aliphatic heterocycles. The quantitative estimate of drug-likeness (QED) is 0.626. The van der Waals surface area contributed by atoms with Crippen LogP contribution in [0.25, 0.3) is 0 Å². The first-order valence-corrected chi connectivity index (χ1v) is 4.71. The summed E-state index contributed by atoms with van der Waals surface area (Å²) in [6.45, 7) is 6.21. The van der Waals surface area contributed by atoms with Gasteiger partial charge in [0.05, 0.1) is 0 Å². The first-order valence-electron chi connectivity index (χ1n) is 4.71. The lowest BCUT2D eigenvalue weighted by Gasteiger charge is -2.28. The van der Waals surface area contributed by atoms with E-state index in [2.05, 4.69) is 17.3 Å². The monoisotopic (exact) mass is 172 g/mol. The summed E-state index contributed by atoms with van der Waals surface area (Å²) in [5, 5.41) is 2.80. The first-order chi connectivity index (χ1) is 5.83. The summed E-state index contributed by atoms with van der Waals surface area (Å²) in [5.74, 6) is 0. The molecule has 3 nitrogen and oxygen atoms in total. The number of rotatable bonds is 2. The van der Waals surface area contributed by atoms with E-state index in [-0.39, 0.29) is 0 Å². The third-order valence-electron chi connectivity index (χ3n) is 2.02. The van der Waals surface area contributed by atoms with Gasteiger partial charge in [-0.05, 0) is 33.0 Å². The van der Waals surface area contributed by atoms with E-state index in [1.54, 1.807) is 0 Å². The zero-order chi connectivity index (χ0) is 9.40. The van der Waals surface area contributed by atoms with Gasteiger partial charge in [-0.3, -0.25) is 4.79 Å². The molecule has 3 heteroatoms. The van der Waals surface area contributed by atoms with E-state index in [0.717, 1.165) is 32.3 Å². The number of likely N-dealkylation sites (tertiary alicyclic amines) is 1. The van der Waals surface area contributed by atoms with Crippen LogP contribution in [0, 0.1) is 0 Å². The van der Waals surface area contributed by atoms with Crippen molar-refractivity contribution in [3.8, 4) is 0 Å². The van der Waals surface area contributed by atoms with Gasteiger partial charge in [0.15, 0.2) is 0 Å². The highest BCUT2D eigenvalue weighted by Crippen LogP contribution is 2.06. The van der Waals surface area contributed by atoms with Crippen LogP contribution in [-0.4, -0.2) is 37.5 Å². The van der Waals surface area contributed by atoms with Crippen molar-refractivity contribution in [3.63, 3.8) is 0 Å². The summed E-state index contributed by atoms with van der Waals surface area (Å²) in [6, 6.07) is 0.425. The van der Waals surface area contributed by atoms with E-state index in [9.17, 15) is 4.79 Å². The summed E-state index contributed by atoms with van der Waals surface area (Å²) < 4.78 is 0. The highest BCUT2D eigenvalue weighted by atomic mass is 16.1. The number of carbonyl (C=O) groups excluding carboxylic acids is 1.